The molecule has 0 heterocycles. The molecule has 0 aromatic heterocycles. The average molecular weight is 368 g/mol. The topological polar surface area (TPSA) is 21.5 Å². The molecular weight excluding hydrogens is 352 g/mol. The summed E-state index contributed by atoms with van der Waals surface area (Å²) in [6.07, 6.45) is -13.6. The molecule has 23 heavy (non-hydrogen) atoms. The lowest BCUT2D eigenvalue weighted by molar-refractivity contribution is -0.894. The number of carbonyl (C=O) groups excluding carboxylic acids is 1. The van der Waals surface area contributed by atoms with Crippen molar-refractivity contribution in [3.05, 3.63) is 0 Å². The molecule has 0 atom stereocenters. The summed E-state index contributed by atoms with van der Waals surface area (Å²) < 4.78 is 116. The van der Waals surface area contributed by atoms with E-state index < -0.39 is 30.0 Å². The van der Waals surface area contributed by atoms with E-state index in [-0.39, 0.29) is 0 Å². The predicted octanol–water partition coefficient (Wildman–Crippen LogP) is 2.88. The minimum absolute atomic E-state index is 1.27. The van der Waals surface area contributed by atoms with Gasteiger partial charge >= 0.3 is 24.2 Å². The maximum absolute atomic E-state index is 11.9. The van der Waals surface area contributed by atoms with Crippen LogP contribution >= 0.6 is 0 Å². The summed E-state index contributed by atoms with van der Waals surface area (Å²) in [4.78, 5) is 11.5. The van der Waals surface area contributed by atoms with E-state index >= 15 is 0 Å². The van der Waals surface area contributed by atoms with Crippen LogP contribution in [0.2, 0.25) is 0 Å². The summed E-state index contributed by atoms with van der Waals surface area (Å²) in [5, 5.41) is 0. The van der Waals surface area contributed by atoms with E-state index in [1.54, 1.807) is 4.90 Å². The van der Waals surface area contributed by atoms with Crippen molar-refractivity contribution in [2.24, 2.45) is 0 Å². The van der Waals surface area contributed by atoms with Gasteiger partial charge in [-0.2, -0.15) is 43.9 Å². The van der Waals surface area contributed by atoms with Gasteiger partial charge in [-0.1, -0.05) is 0 Å². The first-order chi connectivity index (χ1) is 10.0. The molecule has 0 amide bonds. The van der Waals surface area contributed by atoms with E-state index in [1.165, 1.54) is 19.6 Å². The van der Waals surface area contributed by atoms with Crippen LogP contribution in [-0.4, -0.2) is 49.6 Å². The molecule has 2 nitrogen and oxygen atoms in total. The summed E-state index contributed by atoms with van der Waals surface area (Å²) >= 11 is 0. The quantitative estimate of drug-likeness (QED) is 0.741. The first-order valence-electron chi connectivity index (χ1n) is 6.28. The van der Waals surface area contributed by atoms with Gasteiger partial charge in [0.25, 0.3) is 5.78 Å². The fourth-order valence-electron chi connectivity index (χ4n) is 1.20. The number of hydrogen-bond acceptors (Lipinski definition) is 1. The van der Waals surface area contributed by atoms with Crippen LogP contribution in [0.25, 0.3) is 0 Å². The van der Waals surface area contributed by atoms with Gasteiger partial charge in [0.15, 0.2) is 0 Å². The van der Waals surface area contributed by atoms with Crippen molar-refractivity contribution in [2.45, 2.75) is 45.0 Å². The Morgan fingerprint density at radius 2 is 0.870 bits per heavy atom. The maximum atomic E-state index is 11.9. The first kappa shape index (κ1) is 24.2. The second-order valence-electron chi connectivity index (χ2n) is 4.28. The van der Waals surface area contributed by atoms with Gasteiger partial charge in [-0.3, -0.25) is 4.79 Å². The molecule has 12 heteroatoms. The van der Waals surface area contributed by atoms with E-state index in [0.717, 1.165) is 0 Å². The van der Waals surface area contributed by atoms with Crippen LogP contribution in [0, 0.1) is 0 Å². The Balaban J connectivity index is 0. The van der Waals surface area contributed by atoms with Crippen molar-refractivity contribution in [3.8, 4) is 0 Å². The molecule has 0 spiro atoms. The summed E-state index contributed by atoms with van der Waals surface area (Å²) in [6.45, 7) is 10.5. The molecule has 0 aliphatic carbocycles. The Kier molecular flexibility index (Phi) is 8.57. The number of quaternary nitrogens is 1. The van der Waals surface area contributed by atoms with E-state index in [0.29, 0.717) is 0 Å². The van der Waals surface area contributed by atoms with E-state index in [9.17, 15) is 48.7 Å². The molecule has 0 saturated heterocycles. The fourth-order valence-corrected chi connectivity index (χ4v) is 1.20. The zero-order valence-electron chi connectivity index (χ0n) is 12.3. The lowest BCUT2D eigenvalue weighted by Crippen LogP contribution is -3.11. The van der Waals surface area contributed by atoms with Crippen molar-refractivity contribution in [2.75, 3.05) is 19.6 Å². The number of nitrogens with one attached hydrogen (secondary N) is 1. The van der Waals surface area contributed by atoms with Crippen molar-refractivity contribution in [1.29, 1.82) is 0 Å². The van der Waals surface area contributed by atoms with Gasteiger partial charge in [0.1, 0.15) is 0 Å². The standard InChI is InChI=1S/C6H15N.C5F10O/c1-4-7(5-2)6-3;6-2(7,4(10,11)12)1(16)3(8,9)5(13,14)15/h4-6H2,1-3H3;/p+1. The van der Waals surface area contributed by atoms with Crippen LogP contribution < -0.4 is 4.90 Å². The third kappa shape index (κ3) is 6.15. The fraction of sp³-hybridized carbons (Fsp3) is 0.909. The average Bonchev–Trinajstić information content (AvgIpc) is 2.37. The minimum Gasteiger partial charge on any atom is -0.336 e. The second kappa shape index (κ2) is 8.15. The molecule has 0 aliphatic heterocycles. The lowest BCUT2D eigenvalue weighted by atomic mass is 10.1. The zero-order valence-corrected chi connectivity index (χ0v) is 12.3. The summed E-state index contributed by atoms with van der Waals surface area (Å²) in [7, 11) is 0. The molecule has 0 aromatic carbocycles. The van der Waals surface area contributed by atoms with Crippen LogP contribution in [-0.2, 0) is 4.79 Å². The van der Waals surface area contributed by atoms with Crippen LogP contribution in [0.1, 0.15) is 20.8 Å². The summed E-state index contributed by atoms with van der Waals surface area (Å²) in [5.41, 5.74) is 0. The molecule has 0 radical (unpaired) electrons. The molecule has 1 N–H and O–H groups in total. The van der Waals surface area contributed by atoms with Crippen LogP contribution in [0.15, 0.2) is 0 Å². The van der Waals surface area contributed by atoms with E-state index in [2.05, 4.69) is 20.8 Å². The molecule has 0 bridgehead atoms. The van der Waals surface area contributed by atoms with Gasteiger partial charge in [0.2, 0.25) is 0 Å². The molecule has 0 aliphatic rings. The van der Waals surface area contributed by atoms with E-state index in [1.807, 2.05) is 0 Å². The van der Waals surface area contributed by atoms with Crippen LogP contribution in [0.5, 0.6) is 0 Å². The van der Waals surface area contributed by atoms with Gasteiger partial charge in [0, 0.05) is 0 Å². The minimum atomic E-state index is -6.82. The summed E-state index contributed by atoms with van der Waals surface area (Å²) in [6, 6.07) is 0. The predicted molar refractivity (Wildman–Crippen MR) is 59.6 cm³/mol. The third-order valence-corrected chi connectivity index (χ3v) is 2.78. The first-order valence-corrected chi connectivity index (χ1v) is 6.28. The van der Waals surface area contributed by atoms with Crippen molar-refractivity contribution in [1.82, 2.24) is 0 Å². The Labute approximate surface area is 125 Å². The molecule has 0 fully saturated rings. The molecule has 0 aromatic rings. The molecule has 0 saturated carbocycles. The van der Waals surface area contributed by atoms with E-state index in [4.69, 9.17) is 0 Å². The number of carbonyl (C=O) groups is 1. The highest BCUT2D eigenvalue weighted by Crippen LogP contribution is 2.45. The van der Waals surface area contributed by atoms with Gasteiger partial charge in [-0.25, -0.2) is 0 Å². The number of rotatable bonds is 5. The van der Waals surface area contributed by atoms with Crippen molar-refractivity contribution in [3.63, 3.8) is 0 Å². The highest BCUT2D eigenvalue weighted by molar-refractivity contribution is 5.93. The number of Topliss-reactive ketones (excluding diaryl/α,β-unsaturated/α-hetero) is 1. The number of halogens is 10. The van der Waals surface area contributed by atoms with Crippen LogP contribution in [0.4, 0.5) is 43.9 Å². The monoisotopic (exact) mass is 368 g/mol. The third-order valence-electron chi connectivity index (χ3n) is 2.78. The maximum Gasteiger partial charge on any atom is 0.461 e. The Bertz CT molecular complexity index is 336. The number of hydrogen-bond donors (Lipinski definition) is 1. The number of ketones is 1. The second-order valence-corrected chi connectivity index (χ2v) is 4.28. The molecule has 140 valence electrons. The normalized spacial score (nSPS) is 13.7. The SMILES string of the molecule is CC[NH+](CC)CC.O=C(C(F)(F)C(F)(F)F)C(F)(F)C(F)(F)F. The van der Waals surface area contributed by atoms with Gasteiger partial charge in [-0.15, -0.1) is 0 Å². The van der Waals surface area contributed by atoms with Gasteiger partial charge in [-0.05, 0) is 20.8 Å². The molecule has 0 rings (SSSR count). The smallest absolute Gasteiger partial charge is 0.336 e. The molecular formula is C11H16F10NO+. The van der Waals surface area contributed by atoms with Crippen LogP contribution in [0.3, 0.4) is 0 Å². The van der Waals surface area contributed by atoms with Gasteiger partial charge in [0.05, 0.1) is 19.6 Å². The number of alkyl halides is 10. The zero-order chi connectivity index (χ0) is 19.3. The lowest BCUT2D eigenvalue weighted by Gasteiger charge is -2.24. The largest absolute Gasteiger partial charge is 0.461 e. The van der Waals surface area contributed by atoms with Crippen molar-refractivity contribution < 1.29 is 53.6 Å². The molecule has 0 unspecified atom stereocenters. The van der Waals surface area contributed by atoms with Gasteiger partial charge < -0.3 is 4.90 Å². The highest BCUT2D eigenvalue weighted by Gasteiger charge is 2.76. The Hall–Kier alpha value is -1.07. The summed E-state index contributed by atoms with van der Waals surface area (Å²) in [5.74, 6) is -18.1. The Morgan fingerprint density at radius 1 is 0.652 bits per heavy atom. The Morgan fingerprint density at radius 3 is 0.957 bits per heavy atom. The highest BCUT2D eigenvalue weighted by atomic mass is 19.4. The van der Waals surface area contributed by atoms with Crippen molar-refractivity contribution >= 4 is 5.78 Å².